The van der Waals surface area contributed by atoms with Crippen LogP contribution in [0.1, 0.15) is 24.7 Å². The highest BCUT2D eigenvalue weighted by molar-refractivity contribution is 5.88. The minimum absolute atomic E-state index is 0.215. The van der Waals surface area contributed by atoms with Gasteiger partial charge in [-0.25, -0.2) is 9.78 Å². The Kier molecular flexibility index (Phi) is 6.67. The van der Waals surface area contributed by atoms with Crippen LogP contribution in [0.2, 0.25) is 0 Å². The Morgan fingerprint density at radius 3 is 2.79 bits per heavy atom. The molecule has 0 saturated heterocycles. The van der Waals surface area contributed by atoms with Crippen molar-refractivity contribution in [1.29, 1.82) is 0 Å². The second-order valence-electron chi connectivity index (χ2n) is 6.41. The summed E-state index contributed by atoms with van der Waals surface area (Å²) < 4.78 is 12.5. The number of carbonyl (C=O) groups excluding carboxylic acids is 1. The van der Waals surface area contributed by atoms with Crippen molar-refractivity contribution in [3.63, 3.8) is 0 Å². The number of amides is 2. The summed E-state index contributed by atoms with van der Waals surface area (Å²) in [4.78, 5) is 18.6. The number of carbonyl (C=O) groups is 1. The van der Waals surface area contributed by atoms with Crippen LogP contribution in [-0.2, 0) is 13.1 Å². The van der Waals surface area contributed by atoms with Crippen LogP contribution in [0.3, 0.4) is 0 Å². The molecule has 0 unspecified atom stereocenters. The zero-order valence-electron chi connectivity index (χ0n) is 16.2. The van der Waals surface area contributed by atoms with E-state index < -0.39 is 0 Å². The lowest BCUT2D eigenvalue weighted by Crippen LogP contribution is -2.35. The summed E-state index contributed by atoms with van der Waals surface area (Å²) >= 11 is 0. The van der Waals surface area contributed by atoms with E-state index in [2.05, 4.69) is 15.5 Å². The summed E-state index contributed by atoms with van der Waals surface area (Å²) in [6.07, 6.45) is 6.24. The molecule has 0 aliphatic heterocycles. The van der Waals surface area contributed by atoms with Gasteiger partial charge in [0.25, 0.3) is 0 Å². The lowest BCUT2D eigenvalue weighted by molar-refractivity contribution is 0.207. The molecule has 0 aliphatic carbocycles. The van der Waals surface area contributed by atoms with E-state index in [1.807, 2.05) is 42.0 Å². The molecule has 1 N–H and O–H groups in total. The molecule has 2 amide bonds. The van der Waals surface area contributed by atoms with E-state index in [-0.39, 0.29) is 6.03 Å². The van der Waals surface area contributed by atoms with Crippen molar-refractivity contribution in [3.8, 4) is 5.75 Å². The fourth-order valence-corrected chi connectivity index (χ4v) is 2.81. The molecule has 3 rings (SSSR count). The standard InChI is InChI=1S/C20H25N5O3/c1-3-27-18-7-5-17(6-8-18)14-25(11-4-10-24-12-9-21-15-24)20(26)22-19-13-16(2)28-23-19/h5-9,12-13,15H,3-4,10-11,14H2,1-2H3,(H,22,23,26). The Bertz CT molecular complexity index is 858. The third-order valence-electron chi connectivity index (χ3n) is 4.16. The maximum absolute atomic E-state index is 12.8. The first-order valence-corrected chi connectivity index (χ1v) is 9.31. The van der Waals surface area contributed by atoms with Gasteiger partial charge < -0.3 is 18.7 Å². The Hall–Kier alpha value is -3.29. The smallest absolute Gasteiger partial charge is 0.323 e. The molecule has 3 aromatic rings. The van der Waals surface area contributed by atoms with Crippen molar-refractivity contribution in [2.75, 3.05) is 18.5 Å². The van der Waals surface area contributed by atoms with Gasteiger partial charge in [-0.3, -0.25) is 5.32 Å². The molecule has 2 aromatic heterocycles. The van der Waals surface area contributed by atoms with Gasteiger partial charge in [0, 0.05) is 38.1 Å². The highest BCUT2D eigenvalue weighted by Gasteiger charge is 2.16. The molecule has 1 aromatic carbocycles. The maximum atomic E-state index is 12.8. The number of nitrogens with zero attached hydrogens (tertiary/aromatic N) is 4. The van der Waals surface area contributed by atoms with Crippen LogP contribution in [0.4, 0.5) is 10.6 Å². The first-order chi connectivity index (χ1) is 13.6. The molecular weight excluding hydrogens is 358 g/mol. The van der Waals surface area contributed by atoms with Gasteiger partial charge in [-0.15, -0.1) is 0 Å². The minimum Gasteiger partial charge on any atom is -0.494 e. The molecule has 0 bridgehead atoms. The minimum atomic E-state index is -0.215. The topological polar surface area (TPSA) is 85.4 Å². The number of anilines is 1. The molecular formula is C20H25N5O3. The third-order valence-corrected chi connectivity index (χ3v) is 4.16. The Morgan fingerprint density at radius 1 is 1.32 bits per heavy atom. The van der Waals surface area contributed by atoms with Crippen LogP contribution in [0.15, 0.2) is 53.6 Å². The van der Waals surface area contributed by atoms with Gasteiger partial charge in [0.05, 0.1) is 12.9 Å². The lowest BCUT2D eigenvalue weighted by Gasteiger charge is -2.23. The van der Waals surface area contributed by atoms with Crippen molar-refractivity contribution < 1.29 is 14.1 Å². The van der Waals surface area contributed by atoms with Crippen LogP contribution in [0, 0.1) is 6.92 Å². The Morgan fingerprint density at radius 2 is 2.14 bits per heavy atom. The average molecular weight is 383 g/mol. The van der Waals surface area contributed by atoms with E-state index in [0.29, 0.717) is 31.3 Å². The van der Waals surface area contributed by atoms with Gasteiger partial charge in [-0.1, -0.05) is 17.3 Å². The van der Waals surface area contributed by atoms with Crippen LogP contribution in [-0.4, -0.2) is 38.8 Å². The van der Waals surface area contributed by atoms with Gasteiger partial charge in [0.15, 0.2) is 5.82 Å². The number of imidazole rings is 1. The van der Waals surface area contributed by atoms with Gasteiger partial charge >= 0.3 is 6.03 Å². The van der Waals surface area contributed by atoms with Gasteiger partial charge in [-0.05, 0) is 38.0 Å². The Labute approximate surface area is 164 Å². The van der Waals surface area contributed by atoms with Crippen LogP contribution in [0.5, 0.6) is 5.75 Å². The van der Waals surface area contributed by atoms with Crippen LogP contribution < -0.4 is 10.1 Å². The van der Waals surface area contributed by atoms with Gasteiger partial charge in [-0.2, -0.15) is 0 Å². The second-order valence-corrected chi connectivity index (χ2v) is 6.41. The molecule has 0 atom stereocenters. The molecule has 148 valence electrons. The van der Waals surface area contributed by atoms with Gasteiger partial charge in [0.2, 0.25) is 0 Å². The number of urea groups is 1. The highest BCUT2D eigenvalue weighted by atomic mass is 16.5. The highest BCUT2D eigenvalue weighted by Crippen LogP contribution is 2.15. The van der Waals surface area contributed by atoms with Crippen molar-refractivity contribution in [1.82, 2.24) is 19.6 Å². The fourth-order valence-electron chi connectivity index (χ4n) is 2.81. The SMILES string of the molecule is CCOc1ccc(CN(CCCn2ccnc2)C(=O)Nc2cc(C)on2)cc1. The maximum Gasteiger partial charge on any atom is 0.323 e. The van der Waals surface area contributed by atoms with E-state index >= 15 is 0 Å². The fraction of sp³-hybridized carbons (Fsp3) is 0.350. The largest absolute Gasteiger partial charge is 0.494 e. The summed E-state index contributed by atoms with van der Waals surface area (Å²) in [7, 11) is 0. The average Bonchev–Trinajstić information content (AvgIpc) is 3.34. The number of nitrogens with one attached hydrogen (secondary N) is 1. The number of benzene rings is 1. The number of hydrogen-bond acceptors (Lipinski definition) is 5. The zero-order chi connectivity index (χ0) is 19.8. The summed E-state index contributed by atoms with van der Waals surface area (Å²) in [5.41, 5.74) is 1.03. The summed E-state index contributed by atoms with van der Waals surface area (Å²) in [5, 5.41) is 6.63. The summed E-state index contributed by atoms with van der Waals surface area (Å²) in [6.45, 7) is 6.22. The normalized spacial score (nSPS) is 10.6. The van der Waals surface area contributed by atoms with Crippen LogP contribution >= 0.6 is 0 Å². The number of rotatable bonds is 9. The van der Waals surface area contributed by atoms with Crippen molar-refractivity contribution in [2.45, 2.75) is 33.4 Å². The number of aryl methyl sites for hydroxylation is 2. The van der Waals surface area contributed by atoms with Crippen molar-refractivity contribution in [3.05, 3.63) is 60.4 Å². The molecule has 0 spiro atoms. The molecule has 28 heavy (non-hydrogen) atoms. The lowest BCUT2D eigenvalue weighted by atomic mass is 10.2. The first kappa shape index (κ1) is 19.5. The van der Waals surface area contributed by atoms with Crippen molar-refractivity contribution in [2.24, 2.45) is 0 Å². The van der Waals surface area contributed by atoms with E-state index in [4.69, 9.17) is 9.26 Å². The molecule has 0 radical (unpaired) electrons. The zero-order valence-corrected chi connectivity index (χ0v) is 16.2. The number of ether oxygens (including phenoxy) is 1. The predicted molar refractivity (Wildman–Crippen MR) is 105 cm³/mol. The summed E-state index contributed by atoms with van der Waals surface area (Å²) in [5.74, 6) is 1.88. The van der Waals surface area contributed by atoms with Crippen LogP contribution in [0.25, 0.3) is 0 Å². The van der Waals surface area contributed by atoms with Gasteiger partial charge in [0.1, 0.15) is 11.5 Å². The van der Waals surface area contributed by atoms with E-state index in [9.17, 15) is 4.79 Å². The van der Waals surface area contributed by atoms with E-state index in [0.717, 1.165) is 24.3 Å². The first-order valence-electron chi connectivity index (χ1n) is 9.31. The monoisotopic (exact) mass is 383 g/mol. The Balaban J connectivity index is 1.64. The second kappa shape index (κ2) is 9.59. The molecule has 8 heteroatoms. The molecule has 8 nitrogen and oxygen atoms in total. The molecule has 0 aliphatic rings. The summed E-state index contributed by atoms with van der Waals surface area (Å²) in [6, 6.07) is 9.26. The van der Waals surface area contributed by atoms with E-state index in [1.54, 1.807) is 30.4 Å². The third kappa shape index (κ3) is 5.60. The number of aromatic nitrogens is 3. The predicted octanol–water partition coefficient (Wildman–Crippen LogP) is 3.70. The molecule has 2 heterocycles. The van der Waals surface area contributed by atoms with E-state index in [1.165, 1.54) is 0 Å². The number of hydrogen-bond donors (Lipinski definition) is 1. The van der Waals surface area contributed by atoms with Crippen molar-refractivity contribution >= 4 is 11.8 Å². The quantitative estimate of drug-likeness (QED) is 0.609. The molecule has 0 fully saturated rings. The molecule has 0 saturated carbocycles.